The topological polar surface area (TPSA) is 50.9 Å². The van der Waals surface area contributed by atoms with Crippen molar-refractivity contribution in [3.63, 3.8) is 0 Å². The molecule has 1 aliphatic rings. The number of aliphatic hydroxyl groups excluding tert-OH is 1. The minimum Gasteiger partial charge on any atom is -0.396 e. The molecule has 2 aromatic rings. The zero-order valence-corrected chi connectivity index (χ0v) is 9.88. The Kier molecular flexibility index (Phi) is 2.83. The largest absolute Gasteiger partial charge is 0.396 e. The lowest BCUT2D eigenvalue weighted by atomic mass is 10.00. The highest BCUT2D eigenvalue weighted by atomic mass is 19.1. The Bertz CT molecular complexity index is 567. The van der Waals surface area contributed by atoms with E-state index in [0.717, 1.165) is 25.2 Å². The van der Waals surface area contributed by atoms with Gasteiger partial charge in [-0.2, -0.15) is 0 Å². The minimum atomic E-state index is -0.293. The van der Waals surface area contributed by atoms with Crippen LogP contribution in [0.25, 0.3) is 11.4 Å². The lowest BCUT2D eigenvalue weighted by molar-refractivity contribution is 0.238. The average Bonchev–Trinajstić information content (AvgIpc) is 2.83. The number of hydrogen-bond donors (Lipinski definition) is 1. The summed E-state index contributed by atoms with van der Waals surface area (Å²) in [6.07, 6.45) is 1.86. The van der Waals surface area contributed by atoms with E-state index < -0.39 is 0 Å². The van der Waals surface area contributed by atoms with E-state index in [-0.39, 0.29) is 18.3 Å². The summed E-state index contributed by atoms with van der Waals surface area (Å²) < 4.78 is 15.7. The van der Waals surface area contributed by atoms with Crippen LogP contribution in [0, 0.1) is 5.82 Å². The van der Waals surface area contributed by atoms with Crippen molar-refractivity contribution in [3.05, 3.63) is 35.9 Å². The number of fused-ring (bicyclic) bond motifs is 1. The van der Waals surface area contributed by atoms with Crippen LogP contribution in [-0.2, 0) is 6.54 Å². The highest BCUT2D eigenvalue weighted by Crippen LogP contribution is 2.30. The van der Waals surface area contributed by atoms with Gasteiger partial charge in [-0.15, -0.1) is 10.2 Å². The average molecular weight is 247 g/mol. The summed E-state index contributed by atoms with van der Waals surface area (Å²) in [5.74, 6) is 1.05. The fraction of sp³-hybridized carbons (Fsp3) is 0.385. The van der Waals surface area contributed by atoms with Crippen LogP contribution < -0.4 is 0 Å². The normalized spacial score (nSPS) is 18.7. The molecule has 1 aromatic heterocycles. The van der Waals surface area contributed by atoms with Crippen LogP contribution in [0.15, 0.2) is 24.3 Å². The van der Waals surface area contributed by atoms with Crippen molar-refractivity contribution in [1.82, 2.24) is 14.8 Å². The first-order chi connectivity index (χ1) is 8.81. The smallest absolute Gasteiger partial charge is 0.166 e. The molecule has 94 valence electrons. The quantitative estimate of drug-likeness (QED) is 0.882. The van der Waals surface area contributed by atoms with Crippen molar-refractivity contribution in [2.75, 3.05) is 6.61 Å². The van der Waals surface area contributed by atoms with Crippen LogP contribution in [0.3, 0.4) is 0 Å². The first-order valence-corrected chi connectivity index (χ1v) is 6.10. The van der Waals surface area contributed by atoms with E-state index in [1.165, 1.54) is 6.07 Å². The van der Waals surface area contributed by atoms with Gasteiger partial charge in [0.2, 0.25) is 0 Å². The Morgan fingerprint density at radius 3 is 2.94 bits per heavy atom. The highest BCUT2D eigenvalue weighted by Gasteiger charge is 2.25. The molecule has 0 radical (unpaired) electrons. The zero-order valence-electron chi connectivity index (χ0n) is 9.88. The molecule has 0 fully saturated rings. The van der Waals surface area contributed by atoms with Crippen LogP contribution in [0.5, 0.6) is 0 Å². The van der Waals surface area contributed by atoms with Crippen molar-refractivity contribution in [3.8, 4) is 11.4 Å². The summed E-state index contributed by atoms with van der Waals surface area (Å²) in [5, 5.41) is 17.5. The molecule has 1 N–H and O–H groups in total. The molecule has 18 heavy (non-hydrogen) atoms. The second-order valence-electron chi connectivity index (χ2n) is 4.54. The van der Waals surface area contributed by atoms with Crippen LogP contribution in [0.2, 0.25) is 0 Å². The third-order valence-corrected chi connectivity index (χ3v) is 3.41. The number of aliphatic hydroxyl groups is 1. The zero-order chi connectivity index (χ0) is 12.5. The number of benzene rings is 1. The first kappa shape index (κ1) is 11.3. The van der Waals surface area contributed by atoms with E-state index in [0.29, 0.717) is 11.4 Å². The third kappa shape index (κ3) is 1.71. The molecule has 0 spiro atoms. The van der Waals surface area contributed by atoms with E-state index in [1.54, 1.807) is 18.2 Å². The predicted molar refractivity (Wildman–Crippen MR) is 64.5 cm³/mol. The van der Waals surface area contributed by atoms with Crippen molar-refractivity contribution in [2.24, 2.45) is 0 Å². The molecule has 0 saturated carbocycles. The molecule has 1 aliphatic heterocycles. The van der Waals surface area contributed by atoms with Gasteiger partial charge in [0.05, 0.1) is 12.2 Å². The van der Waals surface area contributed by atoms with Crippen molar-refractivity contribution < 1.29 is 9.50 Å². The SMILES string of the molecule is OCC1CCCn2c(-c3ccccc3F)nnc21. The van der Waals surface area contributed by atoms with Gasteiger partial charge in [-0.3, -0.25) is 0 Å². The van der Waals surface area contributed by atoms with Gasteiger partial charge in [0.15, 0.2) is 5.82 Å². The Hall–Kier alpha value is -1.75. The van der Waals surface area contributed by atoms with Crippen LogP contribution in [0.1, 0.15) is 24.6 Å². The van der Waals surface area contributed by atoms with Gasteiger partial charge in [-0.05, 0) is 25.0 Å². The maximum Gasteiger partial charge on any atom is 0.166 e. The van der Waals surface area contributed by atoms with Crippen LogP contribution in [-0.4, -0.2) is 26.5 Å². The molecule has 1 aromatic carbocycles. The van der Waals surface area contributed by atoms with E-state index in [9.17, 15) is 9.50 Å². The Morgan fingerprint density at radius 1 is 1.33 bits per heavy atom. The fourth-order valence-electron chi connectivity index (χ4n) is 2.48. The minimum absolute atomic E-state index is 0.0202. The van der Waals surface area contributed by atoms with Gasteiger partial charge in [-0.25, -0.2) is 4.39 Å². The molecule has 0 saturated heterocycles. The molecule has 3 rings (SSSR count). The number of hydrogen-bond acceptors (Lipinski definition) is 3. The lowest BCUT2D eigenvalue weighted by Crippen LogP contribution is -2.19. The summed E-state index contributed by atoms with van der Waals surface area (Å²) in [4.78, 5) is 0. The van der Waals surface area contributed by atoms with Crippen LogP contribution >= 0.6 is 0 Å². The first-order valence-electron chi connectivity index (χ1n) is 6.10. The van der Waals surface area contributed by atoms with Gasteiger partial charge >= 0.3 is 0 Å². The highest BCUT2D eigenvalue weighted by molar-refractivity contribution is 5.56. The van der Waals surface area contributed by atoms with E-state index >= 15 is 0 Å². The van der Waals surface area contributed by atoms with Crippen LogP contribution in [0.4, 0.5) is 4.39 Å². The van der Waals surface area contributed by atoms with Crippen molar-refractivity contribution in [1.29, 1.82) is 0 Å². The molecule has 0 bridgehead atoms. The number of halogens is 1. The molecular weight excluding hydrogens is 233 g/mol. The van der Waals surface area contributed by atoms with Gasteiger partial charge in [0.25, 0.3) is 0 Å². The summed E-state index contributed by atoms with van der Waals surface area (Å²) in [5.41, 5.74) is 0.467. The molecule has 1 unspecified atom stereocenters. The molecular formula is C13H14FN3O. The summed E-state index contributed by atoms with van der Waals surface area (Å²) in [7, 11) is 0. The van der Waals surface area contributed by atoms with Crippen molar-refractivity contribution in [2.45, 2.75) is 25.3 Å². The van der Waals surface area contributed by atoms with Gasteiger partial charge in [-0.1, -0.05) is 12.1 Å². The summed E-state index contributed by atoms with van der Waals surface area (Å²) >= 11 is 0. The summed E-state index contributed by atoms with van der Waals surface area (Å²) in [6, 6.07) is 6.56. The predicted octanol–water partition coefficient (Wildman–Crippen LogP) is 1.95. The van der Waals surface area contributed by atoms with E-state index in [4.69, 9.17) is 0 Å². The molecule has 5 heteroatoms. The lowest BCUT2D eigenvalue weighted by Gasteiger charge is -2.21. The standard InChI is InChI=1S/C13H14FN3O/c14-11-6-2-1-5-10(11)13-16-15-12-9(8-18)4-3-7-17(12)13/h1-2,5-6,9,18H,3-4,7-8H2. The van der Waals surface area contributed by atoms with Crippen molar-refractivity contribution >= 4 is 0 Å². The Balaban J connectivity index is 2.10. The maximum absolute atomic E-state index is 13.8. The second-order valence-corrected chi connectivity index (χ2v) is 4.54. The maximum atomic E-state index is 13.8. The molecule has 4 nitrogen and oxygen atoms in total. The number of rotatable bonds is 2. The third-order valence-electron chi connectivity index (χ3n) is 3.41. The monoisotopic (exact) mass is 247 g/mol. The van der Waals surface area contributed by atoms with Gasteiger partial charge in [0.1, 0.15) is 11.6 Å². The molecule has 2 heterocycles. The fourth-order valence-corrected chi connectivity index (χ4v) is 2.48. The molecule has 0 aliphatic carbocycles. The number of aromatic nitrogens is 3. The molecule has 0 amide bonds. The van der Waals surface area contributed by atoms with E-state index in [1.807, 2.05) is 4.57 Å². The summed E-state index contributed by atoms with van der Waals surface area (Å²) in [6.45, 7) is 0.845. The Morgan fingerprint density at radius 2 is 2.17 bits per heavy atom. The second kappa shape index (κ2) is 4.49. The van der Waals surface area contributed by atoms with Gasteiger partial charge < -0.3 is 9.67 Å². The van der Waals surface area contributed by atoms with E-state index in [2.05, 4.69) is 10.2 Å². The Labute approximate surface area is 104 Å². The van der Waals surface area contributed by atoms with Gasteiger partial charge in [0, 0.05) is 12.5 Å². The number of nitrogens with zero attached hydrogens (tertiary/aromatic N) is 3. The molecule has 1 atom stereocenters.